The second-order valence-electron chi connectivity index (χ2n) is 6.13. The van der Waals surface area contributed by atoms with E-state index < -0.39 is 0 Å². The van der Waals surface area contributed by atoms with Crippen molar-refractivity contribution in [2.75, 3.05) is 5.32 Å². The fourth-order valence-corrected chi connectivity index (χ4v) is 2.88. The monoisotopic (exact) mass is 344 g/mol. The number of aromatic nitrogens is 3. The number of pyridine rings is 1. The Bertz CT molecular complexity index is 1100. The Balaban J connectivity index is 1.65. The van der Waals surface area contributed by atoms with Crippen LogP contribution in [0, 0.1) is 5.82 Å². The van der Waals surface area contributed by atoms with Crippen molar-refractivity contribution in [3.8, 4) is 11.3 Å². The largest absolute Gasteiger partial charge is 0.340 e. The quantitative estimate of drug-likeness (QED) is 0.575. The molecule has 0 unspecified atom stereocenters. The number of halogens is 1. The molecule has 0 aliphatic carbocycles. The number of anilines is 1. The molecule has 0 bridgehead atoms. The smallest absolute Gasteiger partial charge is 0.130 e. The molecule has 5 heteroatoms. The molecule has 4 aromatic rings. The van der Waals surface area contributed by atoms with Crippen LogP contribution in [0.1, 0.15) is 5.56 Å². The van der Waals surface area contributed by atoms with E-state index in [2.05, 4.69) is 34.0 Å². The number of imidazole rings is 1. The third-order valence-electron chi connectivity index (χ3n) is 4.31. The third-order valence-corrected chi connectivity index (χ3v) is 4.31. The molecule has 2 heterocycles. The van der Waals surface area contributed by atoms with Gasteiger partial charge in [-0.05, 0) is 35.2 Å². The summed E-state index contributed by atoms with van der Waals surface area (Å²) in [6.07, 6.45) is 5.45. The highest BCUT2D eigenvalue weighted by Crippen LogP contribution is 2.26. The van der Waals surface area contributed by atoms with Crippen LogP contribution in [0.5, 0.6) is 0 Å². The lowest BCUT2D eigenvalue weighted by molar-refractivity contribution is 0.627. The Labute approximate surface area is 150 Å². The Morgan fingerprint density at radius 3 is 2.58 bits per heavy atom. The minimum absolute atomic E-state index is 0.270. The summed E-state index contributed by atoms with van der Waals surface area (Å²) in [7, 11) is 1.97. The molecule has 1 N–H and O–H groups in total. The van der Waals surface area contributed by atoms with E-state index in [9.17, 15) is 4.39 Å². The molecule has 0 radical (unpaired) electrons. The van der Waals surface area contributed by atoms with Crippen LogP contribution >= 0.6 is 0 Å². The number of fused-ring (bicyclic) bond motifs is 1. The van der Waals surface area contributed by atoms with E-state index in [0.717, 1.165) is 27.6 Å². The number of hydrogen-bond donors (Lipinski definition) is 1. The van der Waals surface area contributed by atoms with Gasteiger partial charge in [-0.15, -0.1) is 0 Å². The standard InChI is InChI=1S/C21H17FN4/c1-14(15-5-7-19(22)8-6-15)25-21-10-18-9-16(3-4-17(18)11-24-21)20-12-23-13-26(20)2/h3-13H,1H2,2H3,(H,24,25). The first kappa shape index (κ1) is 16.0. The van der Waals surface area contributed by atoms with E-state index in [4.69, 9.17) is 0 Å². The maximum absolute atomic E-state index is 13.1. The van der Waals surface area contributed by atoms with Gasteiger partial charge >= 0.3 is 0 Å². The Hall–Kier alpha value is -3.47. The zero-order valence-electron chi connectivity index (χ0n) is 14.3. The molecule has 2 aromatic carbocycles. The van der Waals surface area contributed by atoms with Gasteiger partial charge in [-0.2, -0.15) is 0 Å². The average molecular weight is 344 g/mol. The molecule has 26 heavy (non-hydrogen) atoms. The van der Waals surface area contributed by atoms with E-state index in [1.165, 1.54) is 12.1 Å². The summed E-state index contributed by atoms with van der Waals surface area (Å²) in [4.78, 5) is 8.61. The molecule has 0 amide bonds. The van der Waals surface area contributed by atoms with Crippen molar-refractivity contribution < 1.29 is 4.39 Å². The Morgan fingerprint density at radius 2 is 1.85 bits per heavy atom. The predicted molar refractivity (Wildman–Crippen MR) is 103 cm³/mol. The summed E-state index contributed by atoms with van der Waals surface area (Å²) in [6.45, 7) is 4.01. The number of rotatable bonds is 4. The first-order valence-corrected chi connectivity index (χ1v) is 8.18. The van der Waals surface area contributed by atoms with Gasteiger partial charge in [-0.1, -0.05) is 30.8 Å². The van der Waals surface area contributed by atoms with Crippen LogP contribution in [0.25, 0.3) is 27.7 Å². The zero-order chi connectivity index (χ0) is 18.1. The van der Waals surface area contributed by atoms with Gasteiger partial charge in [0.05, 0.1) is 18.2 Å². The highest BCUT2D eigenvalue weighted by Gasteiger charge is 2.06. The molecule has 0 spiro atoms. The number of hydrogen-bond acceptors (Lipinski definition) is 3. The highest BCUT2D eigenvalue weighted by atomic mass is 19.1. The second kappa shape index (κ2) is 6.44. The lowest BCUT2D eigenvalue weighted by Crippen LogP contribution is -1.99. The molecule has 2 aromatic heterocycles. The second-order valence-corrected chi connectivity index (χ2v) is 6.13. The Kier molecular flexibility index (Phi) is 3.97. The van der Waals surface area contributed by atoms with E-state index in [0.29, 0.717) is 11.5 Å². The molecule has 0 saturated carbocycles. The fraction of sp³-hybridized carbons (Fsp3) is 0.0476. The van der Waals surface area contributed by atoms with Crippen molar-refractivity contribution in [3.05, 3.63) is 85.2 Å². The number of benzene rings is 2. The summed E-state index contributed by atoms with van der Waals surface area (Å²) >= 11 is 0. The molecule has 0 fully saturated rings. The molecular formula is C21H17FN4. The summed E-state index contributed by atoms with van der Waals surface area (Å²) in [5.74, 6) is 0.419. The van der Waals surface area contributed by atoms with Crippen LogP contribution in [0.4, 0.5) is 10.2 Å². The number of aryl methyl sites for hydroxylation is 1. The van der Waals surface area contributed by atoms with Gasteiger partial charge in [-0.25, -0.2) is 14.4 Å². The molecule has 4 rings (SSSR count). The summed E-state index contributed by atoms with van der Waals surface area (Å²) in [5.41, 5.74) is 3.62. The summed E-state index contributed by atoms with van der Waals surface area (Å²) in [5, 5.41) is 5.30. The van der Waals surface area contributed by atoms with Crippen molar-refractivity contribution in [2.24, 2.45) is 7.05 Å². The number of nitrogens with one attached hydrogen (secondary N) is 1. The van der Waals surface area contributed by atoms with E-state index in [-0.39, 0.29) is 5.82 Å². The Morgan fingerprint density at radius 1 is 1.04 bits per heavy atom. The first-order chi connectivity index (χ1) is 12.6. The van der Waals surface area contributed by atoms with Gasteiger partial charge < -0.3 is 9.88 Å². The van der Waals surface area contributed by atoms with Crippen LogP contribution in [-0.2, 0) is 7.05 Å². The van der Waals surface area contributed by atoms with Gasteiger partial charge in [-0.3, -0.25) is 0 Å². The zero-order valence-corrected chi connectivity index (χ0v) is 14.3. The van der Waals surface area contributed by atoms with Gasteiger partial charge in [0.15, 0.2) is 0 Å². The summed E-state index contributed by atoms with van der Waals surface area (Å²) in [6, 6.07) is 14.4. The van der Waals surface area contributed by atoms with E-state index in [1.807, 2.05) is 36.1 Å². The van der Waals surface area contributed by atoms with Crippen molar-refractivity contribution >= 4 is 22.3 Å². The molecular weight excluding hydrogens is 327 g/mol. The van der Waals surface area contributed by atoms with Crippen LogP contribution in [0.3, 0.4) is 0 Å². The average Bonchev–Trinajstić information content (AvgIpc) is 3.07. The molecule has 128 valence electrons. The molecule has 0 aliphatic rings. The van der Waals surface area contributed by atoms with Crippen LogP contribution < -0.4 is 5.32 Å². The molecule has 0 aliphatic heterocycles. The van der Waals surface area contributed by atoms with Crippen molar-refractivity contribution in [1.29, 1.82) is 0 Å². The molecule has 0 saturated heterocycles. The first-order valence-electron chi connectivity index (χ1n) is 8.18. The number of nitrogens with zero attached hydrogens (tertiary/aromatic N) is 3. The SMILES string of the molecule is C=C(Nc1cc2cc(-c3cncn3C)ccc2cn1)c1ccc(F)cc1. The normalized spacial score (nSPS) is 10.8. The van der Waals surface area contributed by atoms with Crippen molar-refractivity contribution in [2.45, 2.75) is 0 Å². The topological polar surface area (TPSA) is 42.7 Å². The van der Waals surface area contributed by atoms with Crippen molar-refractivity contribution in [3.63, 3.8) is 0 Å². The van der Waals surface area contributed by atoms with E-state index >= 15 is 0 Å². The van der Waals surface area contributed by atoms with Crippen LogP contribution in [-0.4, -0.2) is 14.5 Å². The molecule has 0 atom stereocenters. The summed E-state index contributed by atoms with van der Waals surface area (Å²) < 4.78 is 15.0. The lowest BCUT2D eigenvalue weighted by atomic mass is 10.1. The van der Waals surface area contributed by atoms with Gasteiger partial charge in [0.2, 0.25) is 0 Å². The van der Waals surface area contributed by atoms with Gasteiger partial charge in [0.25, 0.3) is 0 Å². The van der Waals surface area contributed by atoms with Gasteiger partial charge in [0.1, 0.15) is 11.6 Å². The minimum Gasteiger partial charge on any atom is -0.340 e. The van der Waals surface area contributed by atoms with Gasteiger partial charge in [0, 0.05) is 29.9 Å². The van der Waals surface area contributed by atoms with Crippen LogP contribution in [0.15, 0.2) is 73.8 Å². The lowest BCUT2D eigenvalue weighted by Gasteiger charge is -2.10. The third kappa shape index (κ3) is 3.07. The minimum atomic E-state index is -0.270. The fourth-order valence-electron chi connectivity index (χ4n) is 2.88. The molecule has 4 nitrogen and oxygen atoms in total. The maximum atomic E-state index is 13.1. The van der Waals surface area contributed by atoms with E-state index in [1.54, 1.807) is 18.5 Å². The maximum Gasteiger partial charge on any atom is 0.130 e. The highest BCUT2D eigenvalue weighted by molar-refractivity contribution is 5.89. The van der Waals surface area contributed by atoms with Crippen molar-refractivity contribution in [1.82, 2.24) is 14.5 Å². The predicted octanol–water partition coefficient (Wildman–Crippen LogP) is 4.86. The van der Waals surface area contributed by atoms with Crippen LogP contribution in [0.2, 0.25) is 0 Å².